The quantitative estimate of drug-likeness (QED) is 0.435. The van der Waals surface area contributed by atoms with E-state index in [1.807, 2.05) is 0 Å². The highest BCUT2D eigenvalue weighted by atomic mass is 16.6. The van der Waals surface area contributed by atoms with Crippen LogP contribution in [0.2, 0.25) is 0 Å². The van der Waals surface area contributed by atoms with E-state index in [9.17, 15) is 24.0 Å². The fraction of sp³-hybridized carbons (Fsp3) is 0.667. The molecular weight excluding hydrogens is 366 g/mol. The van der Waals surface area contributed by atoms with Crippen LogP contribution in [0.4, 0.5) is 0 Å². The summed E-state index contributed by atoms with van der Waals surface area (Å²) in [5.41, 5.74) is -1.23. The van der Waals surface area contributed by atoms with Crippen molar-refractivity contribution in [3.63, 3.8) is 0 Å². The van der Waals surface area contributed by atoms with Gasteiger partial charge >= 0.3 is 29.3 Å². The van der Waals surface area contributed by atoms with Crippen LogP contribution < -0.4 is 11.4 Å². The van der Waals surface area contributed by atoms with E-state index in [0.29, 0.717) is 0 Å². The van der Waals surface area contributed by atoms with Gasteiger partial charge in [0.15, 0.2) is 18.4 Å². The highest BCUT2D eigenvalue weighted by Gasteiger charge is 2.59. The smallest absolute Gasteiger partial charge is 0.349 e. The predicted molar refractivity (Wildman–Crippen MR) is 84.6 cm³/mol. The summed E-state index contributed by atoms with van der Waals surface area (Å²) < 4.78 is 24.4. The molecule has 0 spiro atoms. The third kappa shape index (κ3) is 3.05. The van der Waals surface area contributed by atoms with Crippen molar-refractivity contribution >= 4 is 17.9 Å². The molecule has 0 amide bonds. The summed E-state index contributed by atoms with van der Waals surface area (Å²) >= 11 is 0. The van der Waals surface area contributed by atoms with Crippen LogP contribution >= 0.6 is 0 Å². The lowest BCUT2D eigenvalue weighted by atomic mass is 9.93. The van der Waals surface area contributed by atoms with Crippen LogP contribution in [-0.2, 0) is 40.4 Å². The maximum absolute atomic E-state index is 12.3. The molecule has 0 aliphatic carbocycles. The normalized spacial score (nSPS) is 28.4. The molecule has 0 bridgehead atoms. The SMILES string of the molecule is CC(=O)OC[C@H]1O[C@@H]2[C@H]([C@@H](OC(C)=O)[C@@H]1OC(C)=O)n1c(=O)n(C)c(=O)n12. The molecule has 1 aromatic heterocycles. The Bertz CT molecular complexity index is 911. The molecule has 0 unspecified atom stereocenters. The molecule has 0 aromatic carbocycles. The first-order valence-corrected chi connectivity index (χ1v) is 8.16. The number of esters is 3. The molecule has 3 heterocycles. The van der Waals surface area contributed by atoms with Gasteiger partial charge < -0.3 is 18.9 Å². The number of hydrogen-bond acceptors (Lipinski definition) is 9. The topological polar surface area (TPSA) is 137 Å². The van der Waals surface area contributed by atoms with Gasteiger partial charge in [0.1, 0.15) is 18.8 Å². The third-order valence-corrected chi connectivity index (χ3v) is 4.41. The van der Waals surface area contributed by atoms with Gasteiger partial charge in [-0.3, -0.25) is 14.4 Å². The molecule has 1 saturated heterocycles. The Morgan fingerprint density at radius 1 is 0.926 bits per heavy atom. The second-order valence-corrected chi connectivity index (χ2v) is 6.32. The molecule has 1 fully saturated rings. The van der Waals surface area contributed by atoms with E-state index in [0.717, 1.165) is 27.8 Å². The zero-order valence-corrected chi connectivity index (χ0v) is 15.1. The van der Waals surface area contributed by atoms with E-state index in [4.69, 9.17) is 18.9 Å². The summed E-state index contributed by atoms with van der Waals surface area (Å²) in [5, 5.41) is 0. The van der Waals surface area contributed by atoms with Crippen LogP contribution in [0.25, 0.3) is 0 Å². The molecule has 5 atom stereocenters. The molecule has 1 aromatic rings. The minimum atomic E-state index is -1.14. The summed E-state index contributed by atoms with van der Waals surface area (Å²) in [4.78, 5) is 58.9. The summed E-state index contributed by atoms with van der Waals surface area (Å²) in [6.07, 6.45) is -4.18. The zero-order valence-electron chi connectivity index (χ0n) is 15.1. The third-order valence-electron chi connectivity index (χ3n) is 4.41. The molecule has 12 heteroatoms. The number of aromatic nitrogens is 3. The van der Waals surface area contributed by atoms with Gasteiger partial charge in [-0.15, -0.1) is 0 Å². The molecule has 3 rings (SSSR count). The second-order valence-electron chi connectivity index (χ2n) is 6.32. The van der Waals surface area contributed by atoms with E-state index in [1.165, 1.54) is 14.0 Å². The van der Waals surface area contributed by atoms with Crippen molar-refractivity contribution in [3.8, 4) is 0 Å². The van der Waals surface area contributed by atoms with Crippen LogP contribution in [0, 0.1) is 0 Å². The van der Waals surface area contributed by atoms with Gasteiger partial charge in [0.2, 0.25) is 0 Å². The van der Waals surface area contributed by atoms with Crippen molar-refractivity contribution in [3.05, 3.63) is 21.0 Å². The number of fused-ring (bicyclic) bond motifs is 4. The lowest BCUT2D eigenvalue weighted by Gasteiger charge is -2.50. The average Bonchev–Trinajstić information content (AvgIpc) is 2.72. The summed E-state index contributed by atoms with van der Waals surface area (Å²) in [6.45, 7) is 3.22. The Labute approximate surface area is 152 Å². The van der Waals surface area contributed by atoms with E-state index in [2.05, 4.69) is 0 Å². The van der Waals surface area contributed by atoms with Crippen molar-refractivity contribution in [2.24, 2.45) is 7.05 Å². The van der Waals surface area contributed by atoms with Crippen molar-refractivity contribution < 1.29 is 33.3 Å². The van der Waals surface area contributed by atoms with E-state index < -0.39 is 59.9 Å². The number of nitrogens with zero attached hydrogens (tertiary/aromatic N) is 3. The molecule has 2 aliphatic rings. The Morgan fingerprint density at radius 2 is 1.48 bits per heavy atom. The molecule has 0 N–H and O–H groups in total. The molecule has 2 aliphatic heterocycles. The Kier molecular flexibility index (Phi) is 4.68. The first-order chi connectivity index (χ1) is 12.6. The molecule has 0 radical (unpaired) electrons. The molecule has 148 valence electrons. The lowest BCUT2D eigenvalue weighted by Crippen LogP contribution is -2.65. The largest absolute Gasteiger partial charge is 0.463 e. The van der Waals surface area contributed by atoms with Crippen molar-refractivity contribution in [1.29, 1.82) is 0 Å². The van der Waals surface area contributed by atoms with Gasteiger partial charge in [-0.25, -0.2) is 18.8 Å². The van der Waals surface area contributed by atoms with Crippen LogP contribution in [0.1, 0.15) is 33.0 Å². The molecule has 12 nitrogen and oxygen atoms in total. The van der Waals surface area contributed by atoms with Gasteiger partial charge in [-0.05, 0) is 0 Å². The minimum absolute atomic E-state index is 0.292. The Balaban J connectivity index is 2.04. The molecular formula is C15H19N3O9. The number of ether oxygens (including phenoxy) is 4. The Hall–Kier alpha value is -2.89. The standard InChI is InChI=1S/C15H19N3O9/c1-6(19)24-5-9-11(25-7(2)20)12(26-8(3)21)10-13(27-9)18-15(23)16(4)14(22)17(10)18/h9-13H,5H2,1-4H3/t9-,10+,11-,12-,13-/m1/s1. The highest BCUT2D eigenvalue weighted by molar-refractivity contribution is 5.68. The van der Waals surface area contributed by atoms with Gasteiger partial charge in [-0.2, -0.15) is 4.68 Å². The predicted octanol–water partition coefficient (Wildman–Crippen LogP) is -1.77. The number of hydrogen-bond donors (Lipinski definition) is 0. The average molecular weight is 385 g/mol. The van der Waals surface area contributed by atoms with Crippen molar-refractivity contribution in [2.75, 3.05) is 6.61 Å². The van der Waals surface area contributed by atoms with Crippen LogP contribution in [-0.4, -0.2) is 56.8 Å². The first kappa shape index (κ1) is 18.9. The molecule has 27 heavy (non-hydrogen) atoms. The maximum Gasteiger partial charge on any atom is 0.349 e. The maximum atomic E-state index is 12.3. The lowest BCUT2D eigenvalue weighted by molar-refractivity contribution is -0.278. The van der Waals surface area contributed by atoms with Crippen molar-refractivity contribution in [2.45, 2.75) is 51.4 Å². The summed E-state index contributed by atoms with van der Waals surface area (Å²) in [6, 6.07) is -0.867. The van der Waals surface area contributed by atoms with Crippen LogP contribution in [0.5, 0.6) is 0 Å². The van der Waals surface area contributed by atoms with E-state index in [1.54, 1.807) is 0 Å². The number of carbonyl (C=O) groups is 3. The fourth-order valence-electron chi connectivity index (χ4n) is 3.37. The zero-order chi connectivity index (χ0) is 20.0. The second kappa shape index (κ2) is 6.68. The van der Waals surface area contributed by atoms with E-state index in [-0.39, 0.29) is 6.61 Å². The number of carbonyl (C=O) groups excluding carboxylic acids is 3. The van der Waals surface area contributed by atoms with Gasteiger partial charge in [0.05, 0.1) is 0 Å². The van der Waals surface area contributed by atoms with Gasteiger partial charge in [0.25, 0.3) is 0 Å². The number of rotatable bonds is 4. The van der Waals surface area contributed by atoms with Crippen molar-refractivity contribution in [1.82, 2.24) is 13.9 Å². The fourth-order valence-corrected chi connectivity index (χ4v) is 3.37. The van der Waals surface area contributed by atoms with Gasteiger partial charge in [0, 0.05) is 27.8 Å². The summed E-state index contributed by atoms with van der Waals surface area (Å²) in [7, 11) is 1.30. The van der Waals surface area contributed by atoms with Crippen LogP contribution in [0.15, 0.2) is 9.59 Å². The van der Waals surface area contributed by atoms with E-state index >= 15 is 0 Å². The van der Waals surface area contributed by atoms with Crippen LogP contribution in [0.3, 0.4) is 0 Å². The first-order valence-electron chi connectivity index (χ1n) is 8.16. The Morgan fingerprint density at radius 3 is 2.04 bits per heavy atom. The minimum Gasteiger partial charge on any atom is -0.463 e. The summed E-state index contributed by atoms with van der Waals surface area (Å²) in [5.74, 6) is -1.94. The highest BCUT2D eigenvalue weighted by Crippen LogP contribution is 2.44. The van der Waals surface area contributed by atoms with Gasteiger partial charge in [-0.1, -0.05) is 0 Å². The molecule has 0 saturated carbocycles. The monoisotopic (exact) mass is 385 g/mol.